The van der Waals surface area contributed by atoms with Gasteiger partial charge >= 0.3 is 0 Å². The summed E-state index contributed by atoms with van der Waals surface area (Å²) in [6.07, 6.45) is 1.85. The van der Waals surface area contributed by atoms with Crippen LogP contribution in [-0.2, 0) is 9.53 Å². The summed E-state index contributed by atoms with van der Waals surface area (Å²) in [6, 6.07) is 3.83. The van der Waals surface area contributed by atoms with Crippen molar-refractivity contribution in [1.29, 1.82) is 0 Å². The molecule has 0 saturated carbocycles. The fourth-order valence-electron chi connectivity index (χ4n) is 2.30. The number of ether oxygens (including phenoxy) is 2. The number of rotatable bonds is 2. The third-order valence-electron chi connectivity index (χ3n) is 3.41. The Kier molecular flexibility index (Phi) is 5.45. The molecule has 0 radical (unpaired) electrons. The normalized spacial score (nSPS) is 20.1. The Morgan fingerprint density at radius 1 is 1.30 bits per heavy atom. The van der Waals surface area contributed by atoms with E-state index in [1.165, 1.54) is 11.8 Å². The molecule has 5 nitrogen and oxygen atoms in total. The van der Waals surface area contributed by atoms with E-state index in [-0.39, 0.29) is 5.91 Å². The van der Waals surface area contributed by atoms with Crippen LogP contribution in [0.15, 0.2) is 31.0 Å². The predicted molar refractivity (Wildman–Crippen MR) is 98.8 cm³/mol. The van der Waals surface area contributed by atoms with E-state index in [0.29, 0.717) is 18.1 Å². The second kappa shape index (κ2) is 7.38. The summed E-state index contributed by atoms with van der Waals surface area (Å²) in [5, 5.41) is 0.760. The first-order valence-corrected chi connectivity index (χ1v) is 9.37. The highest BCUT2D eigenvalue weighted by Crippen LogP contribution is 2.36. The van der Waals surface area contributed by atoms with Gasteiger partial charge in [0.1, 0.15) is 5.75 Å². The second-order valence-corrected chi connectivity index (χ2v) is 7.65. The van der Waals surface area contributed by atoms with Crippen molar-refractivity contribution in [2.45, 2.75) is 0 Å². The number of nitrogens with zero attached hydrogens (tertiary/aromatic N) is 2. The predicted octanol–water partition coefficient (Wildman–Crippen LogP) is 3.52. The molecule has 8 heteroatoms. The maximum Gasteiger partial charge on any atom is 0.286 e. The van der Waals surface area contributed by atoms with E-state index in [2.05, 4.69) is 41.8 Å². The molecule has 1 fully saturated rings. The van der Waals surface area contributed by atoms with E-state index in [1.54, 1.807) is 7.11 Å². The van der Waals surface area contributed by atoms with Gasteiger partial charge in [0.15, 0.2) is 5.17 Å². The van der Waals surface area contributed by atoms with Crippen LogP contribution in [0.1, 0.15) is 5.56 Å². The molecule has 23 heavy (non-hydrogen) atoms. The monoisotopic (exact) mass is 460 g/mol. The summed E-state index contributed by atoms with van der Waals surface area (Å²) in [5.41, 5.74) is 0.902. The van der Waals surface area contributed by atoms with Crippen molar-refractivity contribution < 1.29 is 14.3 Å². The zero-order valence-corrected chi connectivity index (χ0v) is 16.3. The number of hydrogen-bond donors (Lipinski definition) is 0. The van der Waals surface area contributed by atoms with Crippen LogP contribution in [0.4, 0.5) is 0 Å². The number of amides is 1. The summed E-state index contributed by atoms with van der Waals surface area (Å²) >= 11 is 8.35. The summed E-state index contributed by atoms with van der Waals surface area (Å²) in [4.78, 5) is 19.0. The Balaban J connectivity index is 1.80. The van der Waals surface area contributed by atoms with Gasteiger partial charge in [-0.15, -0.1) is 0 Å². The molecule has 0 unspecified atom stereocenters. The molecular formula is C15H14Br2N2O3S. The molecular weight excluding hydrogens is 448 g/mol. The summed E-state index contributed by atoms with van der Waals surface area (Å²) < 4.78 is 12.3. The molecule has 0 aromatic heterocycles. The molecule has 0 N–H and O–H groups in total. The third-order valence-corrected chi connectivity index (χ3v) is 5.64. The third kappa shape index (κ3) is 3.81. The number of benzene rings is 1. The standard InChI is InChI=1S/C15H14Br2N2O3S/c1-21-13-10(16)6-9(7-11(13)17)8-12-14(20)18-15(23-12)19-2-4-22-5-3-19/h6-8H,2-5H2,1H3/b12-8-. The number of methoxy groups -OCH3 is 1. The number of halogens is 2. The topological polar surface area (TPSA) is 51.1 Å². The quantitative estimate of drug-likeness (QED) is 0.630. The van der Waals surface area contributed by atoms with Gasteiger partial charge in [-0.1, -0.05) is 0 Å². The lowest BCUT2D eigenvalue weighted by atomic mass is 10.2. The van der Waals surface area contributed by atoms with Gasteiger partial charge in [0.05, 0.1) is 34.2 Å². The molecule has 0 aliphatic carbocycles. The molecule has 122 valence electrons. The lowest BCUT2D eigenvalue weighted by Gasteiger charge is -2.27. The first kappa shape index (κ1) is 17.0. The first-order valence-electron chi connectivity index (χ1n) is 6.97. The number of carbonyl (C=O) groups is 1. The van der Waals surface area contributed by atoms with Crippen LogP contribution in [0.2, 0.25) is 0 Å². The van der Waals surface area contributed by atoms with Crippen molar-refractivity contribution in [1.82, 2.24) is 4.90 Å². The van der Waals surface area contributed by atoms with Gasteiger partial charge in [0, 0.05) is 13.1 Å². The van der Waals surface area contributed by atoms with Crippen molar-refractivity contribution in [3.63, 3.8) is 0 Å². The Morgan fingerprint density at radius 3 is 2.57 bits per heavy atom. The van der Waals surface area contributed by atoms with E-state index in [1.807, 2.05) is 18.2 Å². The molecule has 1 aromatic carbocycles. The number of aliphatic imine (C=N–C) groups is 1. The highest BCUT2D eigenvalue weighted by atomic mass is 79.9. The Hall–Kier alpha value is -0.830. The maximum absolute atomic E-state index is 12.1. The summed E-state index contributed by atoms with van der Waals surface area (Å²) in [6.45, 7) is 2.88. The van der Waals surface area contributed by atoms with Crippen LogP contribution in [0, 0.1) is 0 Å². The summed E-state index contributed by atoms with van der Waals surface area (Å²) in [7, 11) is 1.61. The minimum Gasteiger partial charge on any atom is -0.494 e. The van der Waals surface area contributed by atoms with E-state index in [9.17, 15) is 4.79 Å². The van der Waals surface area contributed by atoms with Crippen LogP contribution in [0.5, 0.6) is 5.75 Å². The SMILES string of the molecule is COc1c(Br)cc(/C=C2\SC(N3CCOCC3)=NC2=O)cc1Br. The van der Waals surface area contributed by atoms with E-state index in [0.717, 1.165) is 38.5 Å². The lowest BCUT2D eigenvalue weighted by molar-refractivity contribution is -0.113. The average Bonchev–Trinajstić information content (AvgIpc) is 2.89. The lowest BCUT2D eigenvalue weighted by Crippen LogP contribution is -2.38. The highest BCUT2D eigenvalue weighted by Gasteiger charge is 2.27. The fourth-order valence-corrected chi connectivity index (χ4v) is 4.81. The van der Waals surface area contributed by atoms with Gasteiger partial charge in [-0.25, -0.2) is 0 Å². The first-order chi connectivity index (χ1) is 11.1. The second-order valence-electron chi connectivity index (χ2n) is 4.93. The van der Waals surface area contributed by atoms with Crippen LogP contribution in [0.3, 0.4) is 0 Å². The molecule has 2 aliphatic rings. The van der Waals surface area contributed by atoms with Gasteiger partial charge < -0.3 is 14.4 Å². The molecule has 2 aliphatic heterocycles. The Bertz CT molecular complexity index is 677. The minimum absolute atomic E-state index is 0.195. The van der Waals surface area contributed by atoms with Crippen LogP contribution >= 0.6 is 43.6 Å². The molecule has 0 spiro atoms. The molecule has 1 saturated heterocycles. The smallest absolute Gasteiger partial charge is 0.286 e. The van der Waals surface area contributed by atoms with E-state index in [4.69, 9.17) is 9.47 Å². The van der Waals surface area contributed by atoms with Crippen LogP contribution < -0.4 is 4.74 Å². The highest BCUT2D eigenvalue weighted by molar-refractivity contribution is 9.11. The van der Waals surface area contributed by atoms with Crippen LogP contribution in [0.25, 0.3) is 6.08 Å². The zero-order valence-electron chi connectivity index (χ0n) is 12.3. The van der Waals surface area contributed by atoms with Gasteiger partial charge in [0.2, 0.25) is 0 Å². The molecule has 2 heterocycles. The average molecular weight is 462 g/mol. The van der Waals surface area contributed by atoms with Crippen molar-refractivity contribution in [2.24, 2.45) is 4.99 Å². The maximum atomic E-state index is 12.1. The number of hydrogen-bond acceptors (Lipinski definition) is 5. The van der Waals surface area contributed by atoms with Gasteiger partial charge in [-0.05, 0) is 67.4 Å². The van der Waals surface area contributed by atoms with Crippen molar-refractivity contribution in [2.75, 3.05) is 33.4 Å². The van der Waals surface area contributed by atoms with Crippen molar-refractivity contribution >= 4 is 60.8 Å². The Morgan fingerprint density at radius 2 is 1.96 bits per heavy atom. The fraction of sp³-hybridized carbons (Fsp3) is 0.333. The molecule has 3 rings (SSSR count). The van der Waals surface area contributed by atoms with E-state index >= 15 is 0 Å². The zero-order chi connectivity index (χ0) is 16.4. The molecule has 1 aromatic rings. The number of thioether (sulfide) groups is 1. The number of amidine groups is 1. The summed E-state index contributed by atoms with van der Waals surface area (Å²) in [5.74, 6) is 0.530. The van der Waals surface area contributed by atoms with Gasteiger partial charge in [-0.2, -0.15) is 4.99 Å². The number of carbonyl (C=O) groups excluding carboxylic acids is 1. The van der Waals surface area contributed by atoms with Crippen molar-refractivity contribution in [3.8, 4) is 5.75 Å². The largest absolute Gasteiger partial charge is 0.494 e. The minimum atomic E-state index is -0.195. The van der Waals surface area contributed by atoms with Crippen LogP contribution in [-0.4, -0.2) is 49.4 Å². The molecule has 1 amide bonds. The van der Waals surface area contributed by atoms with E-state index < -0.39 is 0 Å². The van der Waals surface area contributed by atoms with Crippen molar-refractivity contribution in [3.05, 3.63) is 31.5 Å². The molecule has 0 atom stereocenters. The van der Waals surface area contributed by atoms with Gasteiger partial charge in [0.25, 0.3) is 5.91 Å². The molecule has 0 bridgehead atoms. The number of morpholine rings is 1. The Labute approximate surface area is 155 Å². The van der Waals surface area contributed by atoms with Gasteiger partial charge in [-0.3, -0.25) is 4.79 Å².